The van der Waals surface area contributed by atoms with Crippen LogP contribution in [0.1, 0.15) is 6.92 Å². The molecule has 0 aliphatic heterocycles. The summed E-state index contributed by atoms with van der Waals surface area (Å²) in [6, 6.07) is 13.8. The van der Waals surface area contributed by atoms with Gasteiger partial charge in [-0.3, -0.25) is 9.59 Å². The van der Waals surface area contributed by atoms with E-state index < -0.39 is 11.8 Å². The minimum absolute atomic E-state index is 0.424. The summed E-state index contributed by atoms with van der Waals surface area (Å²) < 4.78 is 10.5. The highest BCUT2D eigenvalue weighted by Crippen LogP contribution is 2.25. The third-order valence-corrected chi connectivity index (χ3v) is 3.00. The molecule has 2 rings (SSSR count). The van der Waals surface area contributed by atoms with Gasteiger partial charge in [0.1, 0.15) is 11.5 Å². The van der Waals surface area contributed by atoms with Crippen molar-refractivity contribution in [3.63, 3.8) is 0 Å². The topological polar surface area (TPSA) is 76.7 Å². The number of hydrogen-bond acceptors (Lipinski definition) is 4. The van der Waals surface area contributed by atoms with E-state index in [1.807, 2.05) is 6.92 Å². The number of methoxy groups -OCH3 is 1. The van der Waals surface area contributed by atoms with Crippen LogP contribution in [0.5, 0.6) is 11.5 Å². The van der Waals surface area contributed by atoms with Gasteiger partial charge in [0.15, 0.2) is 0 Å². The van der Waals surface area contributed by atoms with Crippen LogP contribution in [0.3, 0.4) is 0 Å². The summed E-state index contributed by atoms with van der Waals surface area (Å²) in [7, 11) is 1.49. The zero-order valence-corrected chi connectivity index (χ0v) is 13.0. The smallest absolute Gasteiger partial charge is 0.314 e. The maximum absolute atomic E-state index is 12.1. The van der Waals surface area contributed by atoms with Gasteiger partial charge in [0.05, 0.1) is 25.1 Å². The zero-order valence-electron chi connectivity index (χ0n) is 13.0. The summed E-state index contributed by atoms with van der Waals surface area (Å²) in [5.74, 6) is -0.597. The molecule has 0 aliphatic rings. The molecular weight excluding hydrogens is 296 g/mol. The summed E-state index contributed by atoms with van der Waals surface area (Å²) in [6.07, 6.45) is 0. The molecule has 2 amide bonds. The molecule has 0 saturated carbocycles. The number of hydrogen-bond donors (Lipinski definition) is 2. The number of anilines is 2. The molecule has 0 unspecified atom stereocenters. The van der Waals surface area contributed by atoms with E-state index in [1.165, 1.54) is 7.11 Å². The van der Waals surface area contributed by atoms with Crippen LogP contribution in [0, 0.1) is 0 Å². The number of nitrogens with one attached hydrogen (secondary N) is 2. The Morgan fingerprint density at radius 2 is 1.35 bits per heavy atom. The van der Waals surface area contributed by atoms with Gasteiger partial charge in [0.2, 0.25) is 0 Å². The monoisotopic (exact) mass is 314 g/mol. The summed E-state index contributed by atoms with van der Waals surface area (Å²) >= 11 is 0. The van der Waals surface area contributed by atoms with Crippen molar-refractivity contribution in [3.05, 3.63) is 48.5 Å². The standard InChI is InChI=1S/C17H18N2O4/c1-3-23-15-11-7-5-9-13(15)19-17(21)16(20)18-12-8-4-6-10-14(12)22-2/h4-11H,3H2,1-2H3,(H,18,20)(H,19,21). The van der Waals surface area contributed by atoms with Crippen molar-refractivity contribution < 1.29 is 19.1 Å². The maximum atomic E-state index is 12.1. The highest BCUT2D eigenvalue weighted by Gasteiger charge is 2.17. The van der Waals surface area contributed by atoms with Crippen LogP contribution in [0.2, 0.25) is 0 Å². The van der Waals surface area contributed by atoms with Gasteiger partial charge < -0.3 is 20.1 Å². The minimum atomic E-state index is -0.791. The van der Waals surface area contributed by atoms with E-state index in [0.717, 1.165) is 0 Å². The van der Waals surface area contributed by atoms with Crippen LogP contribution in [0.15, 0.2) is 48.5 Å². The quantitative estimate of drug-likeness (QED) is 0.832. The molecular formula is C17H18N2O4. The second-order valence-corrected chi connectivity index (χ2v) is 4.54. The Kier molecular flexibility index (Phi) is 5.57. The average Bonchev–Trinajstić information content (AvgIpc) is 2.57. The largest absolute Gasteiger partial charge is 0.495 e. The number of benzene rings is 2. The van der Waals surface area contributed by atoms with E-state index in [2.05, 4.69) is 10.6 Å². The summed E-state index contributed by atoms with van der Waals surface area (Å²) in [5, 5.41) is 5.05. The Balaban J connectivity index is 2.07. The Labute approximate surface area is 134 Å². The van der Waals surface area contributed by atoms with Crippen LogP contribution >= 0.6 is 0 Å². The lowest BCUT2D eigenvalue weighted by Gasteiger charge is -2.12. The number of carbonyl (C=O) groups is 2. The number of carbonyl (C=O) groups excluding carboxylic acids is 2. The third kappa shape index (κ3) is 4.23. The van der Waals surface area contributed by atoms with Gasteiger partial charge in [0.25, 0.3) is 0 Å². The van der Waals surface area contributed by atoms with Gasteiger partial charge in [0, 0.05) is 0 Å². The van der Waals surface area contributed by atoms with Crippen LogP contribution < -0.4 is 20.1 Å². The fraction of sp³-hybridized carbons (Fsp3) is 0.176. The molecule has 0 radical (unpaired) electrons. The number of ether oxygens (including phenoxy) is 2. The van der Waals surface area contributed by atoms with E-state index in [-0.39, 0.29) is 0 Å². The molecule has 0 aromatic heterocycles. The summed E-state index contributed by atoms with van der Waals surface area (Å²) in [5.41, 5.74) is 0.864. The fourth-order valence-corrected chi connectivity index (χ4v) is 1.96. The van der Waals surface area contributed by atoms with Gasteiger partial charge in [-0.05, 0) is 31.2 Å². The molecule has 120 valence electrons. The van der Waals surface area contributed by atoms with Gasteiger partial charge in [-0.15, -0.1) is 0 Å². The SMILES string of the molecule is CCOc1ccccc1NC(=O)C(=O)Nc1ccccc1OC. The molecule has 2 N–H and O–H groups in total. The fourth-order valence-electron chi connectivity index (χ4n) is 1.96. The van der Waals surface area contributed by atoms with E-state index in [4.69, 9.17) is 9.47 Å². The Hall–Kier alpha value is -3.02. The third-order valence-electron chi connectivity index (χ3n) is 3.00. The molecule has 0 aliphatic carbocycles. The molecule has 2 aromatic rings. The first-order chi connectivity index (χ1) is 11.2. The first-order valence-corrected chi connectivity index (χ1v) is 7.13. The van der Waals surface area contributed by atoms with Crippen molar-refractivity contribution in [1.82, 2.24) is 0 Å². The molecule has 0 saturated heterocycles. The van der Waals surface area contributed by atoms with Gasteiger partial charge in [-0.25, -0.2) is 0 Å². The number of rotatable bonds is 5. The second kappa shape index (κ2) is 7.84. The lowest BCUT2D eigenvalue weighted by molar-refractivity contribution is -0.133. The van der Waals surface area contributed by atoms with Crippen molar-refractivity contribution in [2.45, 2.75) is 6.92 Å². The molecule has 0 atom stereocenters. The maximum Gasteiger partial charge on any atom is 0.314 e. The summed E-state index contributed by atoms with van der Waals surface area (Å²) in [4.78, 5) is 24.1. The Morgan fingerprint density at radius 3 is 1.87 bits per heavy atom. The van der Waals surface area contributed by atoms with E-state index in [1.54, 1.807) is 48.5 Å². The van der Waals surface area contributed by atoms with Crippen molar-refractivity contribution in [2.75, 3.05) is 24.4 Å². The molecule has 0 heterocycles. The average molecular weight is 314 g/mol. The van der Waals surface area contributed by atoms with Crippen molar-refractivity contribution >= 4 is 23.2 Å². The predicted octanol–water partition coefficient (Wildman–Crippen LogP) is 2.67. The molecule has 6 nitrogen and oxygen atoms in total. The lowest BCUT2D eigenvalue weighted by Crippen LogP contribution is -2.29. The van der Waals surface area contributed by atoms with E-state index in [0.29, 0.717) is 29.5 Å². The van der Waals surface area contributed by atoms with Crippen LogP contribution in [0.4, 0.5) is 11.4 Å². The first-order valence-electron chi connectivity index (χ1n) is 7.13. The van der Waals surface area contributed by atoms with Crippen LogP contribution in [-0.4, -0.2) is 25.5 Å². The summed E-state index contributed by atoms with van der Waals surface area (Å²) in [6.45, 7) is 2.30. The number of amides is 2. The van der Waals surface area contributed by atoms with Crippen LogP contribution in [0.25, 0.3) is 0 Å². The van der Waals surface area contributed by atoms with E-state index in [9.17, 15) is 9.59 Å². The minimum Gasteiger partial charge on any atom is -0.495 e. The Bertz CT molecular complexity index is 700. The van der Waals surface area contributed by atoms with Crippen LogP contribution in [-0.2, 0) is 9.59 Å². The molecule has 6 heteroatoms. The van der Waals surface area contributed by atoms with Gasteiger partial charge in [-0.2, -0.15) is 0 Å². The van der Waals surface area contributed by atoms with Gasteiger partial charge >= 0.3 is 11.8 Å². The van der Waals surface area contributed by atoms with Crippen molar-refractivity contribution in [2.24, 2.45) is 0 Å². The number of para-hydroxylation sites is 4. The lowest BCUT2D eigenvalue weighted by atomic mass is 10.2. The molecule has 0 bridgehead atoms. The first kappa shape index (κ1) is 16.4. The van der Waals surface area contributed by atoms with E-state index >= 15 is 0 Å². The highest BCUT2D eigenvalue weighted by atomic mass is 16.5. The Morgan fingerprint density at radius 1 is 0.870 bits per heavy atom. The molecule has 0 fully saturated rings. The van der Waals surface area contributed by atoms with Gasteiger partial charge in [-0.1, -0.05) is 24.3 Å². The normalized spacial score (nSPS) is 9.83. The second-order valence-electron chi connectivity index (χ2n) is 4.54. The van der Waals surface area contributed by atoms with Crippen molar-refractivity contribution in [1.29, 1.82) is 0 Å². The zero-order chi connectivity index (χ0) is 16.7. The highest BCUT2D eigenvalue weighted by molar-refractivity contribution is 6.43. The van der Waals surface area contributed by atoms with Crippen molar-refractivity contribution in [3.8, 4) is 11.5 Å². The predicted molar refractivity (Wildman–Crippen MR) is 87.9 cm³/mol. The molecule has 2 aromatic carbocycles. The molecule has 23 heavy (non-hydrogen) atoms. The molecule has 0 spiro atoms.